The lowest BCUT2D eigenvalue weighted by atomic mass is 9.67. The number of hydrogen-bond donors (Lipinski definition) is 2. The molecule has 0 unspecified atom stereocenters. The number of ether oxygens (including phenoxy) is 1. The Morgan fingerprint density at radius 2 is 1.62 bits per heavy atom. The highest BCUT2D eigenvalue weighted by Crippen LogP contribution is 2.51. The van der Waals surface area contributed by atoms with Crippen LogP contribution in [-0.4, -0.2) is 30.5 Å². The van der Waals surface area contributed by atoms with E-state index in [2.05, 4.69) is 0 Å². The van der Waals surface area contributed by atoms with Crippen molar-refractivity contribution < 1.29 is 9.84 Å². The van der Waals surface area contributed by atoms with Crippen LogP contribution in [0.2, 0.25) is 0 Å². The van der Waals surface area contributed by atoms with Gasteiger partial charge in [0.2, 0.25) is 0 Å². The van der Waals surface area contributed by atoms with Crippen LogP contribution in [0.25, 0.3) is 0 Å². The van der Waals surface area contributed by atoms with Crippen molar-refractivity contribution >= 4 is 0 Å². The van der Waals surface area contributed by atoms with Gasteiger partial charge in [-0.2, -0.15) is 0 Å². The van der Waals surface area contributed by atoms with Gasteiger partial charge in [0.05, 0.1) is 18.8 Å². The quantitative estimate of drug-likeness (QED) is 0.770. The van der Waals surface area contributed by atoms with Crippen LogP contribution in [0.5, 0.6) is 0 Å². The van der Waals surface area contributed by atoms with Gasteiger partial charge in [-0.15, -0.1) is 0 Å². The predicted molar refractivity (Wildman–Crippen MR) is 64.2 cm³/mol. The summed E-state index contributed by atoms with van der Waals surface area (Å²) in [6.45, 7) is 1.14. The lowest BCUT2D eigenvalue weighted by Crippen LogP contribution is -2.46. The van der Waals surface area contributed by atoms with E-state index in [0.717, 1.165) is 12.8 Å². The van der Waals surface area contributed by atoms with E-state index in [1.807, 2.05) is 0 Å². The van der Waals surface area contributed by atoms with E-state index in [4.69, 9.17) is 15.6 Å². The maximum absolute atomic E-state index is 8.85. The summed E-state index contributed by atoms with van der Waals surface area (Å²) in [6, 6.07) is 0. The van der Waals surface area contributed by atoms with Crippen molar-refractivity contribution in [1.29, 1.82) is 0 Å². The number of aliphatic hydroxyl groups is 1. The van der Waals surface area contributed by atoms with Crippen LogP contribution in [0, 0.1) is 5.41 Å². The van der Waals surface area contributed by atoms with E-state index in [9.17, 15) is 0 Å². The smallest absolute Gasteiger partial charge is 0.0805 e. The van der Waals surface area contributed by atoms with E-state index in [1.165, 1.54) is 38.5 Å². The van der Waals surface area contributed by atoms with Gasteiger partial charge < -0.3 is 15.6 Å². The number of rotatable bonds is 4. The van der Waals surface area contributed by atoms with Crippen LogP contribution in [-0.2, 0) is 4.74 Å². The summed E-state index contributed by atoms with van der Waals surface area (Å²) in [5.41, 5.74) is 6.36. The maximum Gasteiger partial charge on any atom is 0.0805 e. The molecule has 0 aromatic carbocycles. The van der Waals surface area contributed by atoms with Gasteiger partial charge >= 0.3 is 0 Å². The average molecular weight is 227 g/mol. The van der Waals surface area contributed by atoms with Gasteiger partial charge in [-0.25, -0.2) is 0 Å². The van der Waals surface area contributed by atoms with Crippen LogP contribution < -0.4 is 5.73 Å². The van der Waals surface area contributed by atoms with Gasteiger partial charge in [0, 0.05) is 6.54 Å². The Hall–Kier alpha value is -0.120. The zero-order valence-electron chi connectivity index (χ0n) is 10.2. The molecule has 3 N–H and O–H groups in total. The fourth-order valence-electron chi connectivity index (χ4n) is 3.53. The SMILES string of the molecule is NCC1(OCCO)CCC2(CCCC2)CC1. The Labute approximate surface area is 98.4 Å². The normalized spacial score (nSPS) is 27.4. The van der Waals surface area contributed by atoms with Gasteiger partial charge in [-0.05, 0) is 43.9 Å². The molecule has 3 heteroatoms. The fourth-order valence-corrected chi connectivity index (χ4v) is 3.53. The second-order valence-corrected chi connectivity index (χ2v) is 5.67. The molecule has 0 aromatic heterocycles. The molecule has 2 fully saturated rings. The van der Waals surface area contributed by atoms with E-state index in [-0.39, 0.29) is 12.2 Å². The minimum atomic E-state index is -0.128. The highest BCUT2D eigenvalue weighted by Gasteiger charge is 2.43. The van der Waals surface area contributed by atoms with E-state index in [0.29, 0.717) is 18.6 Å². The zero-order chi connectivity index (χ0) is 11.5. The van der Waals surface area contributed by atoms with Crippen molar-refractivity contribution in [3.05, 3.63) is 0 Å². The lowest BCUT2D eigenvalue weighted by molar-refractivity contribution is -0.0934. The monoisotopic (exact) mass is 227 g/mol. The van der Waals surface area contributed by atoms with Gasteiger partial charge in [0.15, 0.2) is 0 Å². The van der Waals surface area contributed by atoms with Gasteiger partial charge in [0.25, 0.3) is 0 Å². The molecule has 2 aliphatic rings. The first-order valence-electron chi connectivity index (χ1n) is 6.69. The van der Waals surface area contributed by atoms with Gasteiger partial charge in [0.1, 0.15) is 0 Å². The summed E-state index contributed by atoms with van der Waals surface area (Å²) in [5, 5.41) is 8.85. The molecule has 0 saturated heterocycles. The van der Waals surface area contributed by atoms with Crippen molar-refractivity contribution in [2.45, 2.75) is 57.0 Å². The van der Waals surface area contributed by atoms with Crippen LogP contribution >= 0.6 is 0 Å². The maximum atomic E-state index is 8.85. The number of hydrogen-bond acceptors (Lipinski definition) is 3. The fraction of sp³-hybridized carbons (Fsp3) is 1.00. The molecule has 0 aliphatic heterocycles. The van der Waals surface area contributed by atoms with Crippen LogP contribution in [0.1, 0.15) is 51.4 Å². The van der Waals surface area contributed by atoms with Crippen LogP contribution in [0.4, 0.5) is 0 Å². The molecule has 3 nitrogen and oxygen atoms in total. The Kier molecular flexibility index (Phi) is 3.88. The van der Waals surface area contributed by atoms with Gasteiger partial charge in [-0.1, -0.05) is 12.8 Å². The van der Waals surface area contributed by atoms with Crippen molar-refractivity contribution in [3.63, 3.8) is 0 Å². The average Bonchev–Trinajstić information content (AvgIpc) is 2.78. The van der Waals surface area contributed by atoms with Crippen molar-refractivity contribution in [2.75, 3.05) is 19.8 Å². The summed E-state index contributed by atoms with van der Waals surface area (Å²) < 4.78 is 5.80. The Morgan fingerprint density at radius 1 is 1.00 bits per heavy atom. The molecular formula is C13H25NO2. The third kappa shape index (κ3) is 2.41. The molecular weight excluding hydrogens is 202 g/mol. The standard InChI is InChI=1S/C13H25NO2/c14-11-13(16-10-9-15)7-5-12(6-8-13)3-1-2-4-12/h15H,1-11,14H2. The predicted octanol–water partition coefficient (Wildman–Crippen LogP) is 1.83. The minimum absolute atomic E-state index is 0.104. The first-order valence-corrected chi connectivity index (χ1v) is 6.69. The summed E-state index contributed by atoms with van der Waals surface area (Å²) in [4.78, 5) is 0. The Balaban J connectivity index is 1.90. The van der Waals surface area contributed by atoms with Crippen LogP contribution in [0.3, 0.4) is 0 Å². The molecule has 0 amide bonds. The van der Waals surface area contributed by atoms with E-state index >= 15 is 0 Å². The lowest BCUT2D eigenvalue weighted by Gasteiger charge is -2.44. The summed E-state index contributed by atoms with van der Waals surface area (Å²) in [7, 11) is 0. The number of aliphatic hydroxyl groups excluding tert-OH is 1. The van der Waals surface area contributed by atoms with Crippen molar-refractivity contribution in [1.82, 2.24) is 0 Å². The zero-order valence-corrected chi connectivity index (χ0v) is 10.2. The highest BCUT2D eigenvalue weighted by molar-refractivity contribution is 4.96. The van der Waals surface area contributed by atoms with Crippen LogP contribution in [0.15, 0.2) is 0 Å². The molecule has 2 aliphatic carbocycles. The largest absolute Gasteiger partial charge is 0.394 e. The summed E-state index contributed by atoms with van der Waals surface area (Å²) in [5.74, 6) is 0. The molecule has 0 atom stereocenters. The molecule has 16 heavy (non-hydrogen) atoms. The molecule has 2 rings (SSSR count). The summed E-state index contributed by atoms with van der Waals surface area (Å²) >= 11 is 0. The highest BCUT2D eigenvalue weighted by atomic mass is 16.5. The van der Waals surface area contributed by atoms with Gasteiger partial charge in [-0.3, -0.25) is 0 Å². The third-order valence-corrected chi connectivity index (χ3v) is 4.76. The second kappa shape index (κ2) is 5.03. The summed E-state index contributed by atoms with van der Waals surface area (Å²) in [6.07, 6.45) is 10.4. The first-order chi connectivity index (χ1) is 7.74. The Bertz CT molecular complexity index is 214. The molecule has 0 radical (unpaired) electrons. The van der Waals surface area contributed by atoms with Crippen molar-refractivity contribution in [3.8, 4) is 0 Å². The van der Waals surface area contributed by atoms with Crippen molar-refractivity contribution in [2.24, 2.45) is 11.1 Å². The molecule has 2 saturated carbocycles. The number of nitrogens with two attached hydrogens (primary N) is 1. The van der Waals surface area contributed by atoms with E-state index < -0.39 is 0 Å². The topological polar surface area (TPSA) is 55.5 Å². The molecule has 0 bridgehead atoms. The molecule has 0 aromatic rings. The third-order valence-electron chi connectivity index (χ3n) is 4.76. The minimum Gasteiger partial charge on any atom is -0.394 e. The Morgan fingerprint density at radius 3 is 2.12 bits per heavy atom. The molecule has 94 valence electrons. The second-order valence-electron chi connectivity index (χ2n) is 5.67. The first kappa shape index (κ1) is 12.3. The molecule has 1 spiro atoms. The molecule has 0 heterocycles. The van der Waals surface area contributed by atoms with E-state index in [1.54, 1.807) is 0 Å².